The largest absolute Gasteiger partial charge is 0.493 e. The molecular weight excluding hydrogens is 599 g/mol. The van der Waals surface area contributed by atoms with Gasteiger partial charge in [-0.15, -0.1) is 0 Å². The first-order valence-electron chi connectivity index (χ1n) is 13.3. The third-order valence-electron chi connectivity index (χ3n) is 6.27. The van der Waals surface area contributed by atoms with E-state index in [9.17, 15) is 9.36 Å². The van der Waals surface area contributed by atoms with Crippen LogP contribution in [0.2, 0.25) is 5.02 Å². The first-order chi connectivity index (χ1) is 20.6. The topological polar surface area (TPSA) is 168 Å². The molecule has 2 heterocycles. The van der Waals surface area contributed by atoms with E-state index in [0.29, 0.717) is 83.0 Å². The number of ether oxygens (including phenoxy) is 2. The second-order valence-electron chi connectivity index (χ2n) is 9.22. The summed E-state index contributed by atoms with van der Waals surface area (Å²) in [5.74, 6) is 1.61. The van der Waals surface area contributed by atoms with E-state index in [4.69, 9.17) is 30.9 Å². The molecule has 0 unspecified atom stereocenters. The molecule has 0 bridgehead atoms. The van der Waals surface area contributed by atoms with Crippen molar-refractivity contribution in [1.29, 1.82) is 0 Å². The third kappa shape index (κ3) is 9.58. The summed E-state index contributed by atoms with van der Waals surface area (Å²) in [5, 5.41) is 7.14. The van der Waals surface area contributed by atoms with Crippen LogP contribution in [0, 0.1) is 0 Å². The Hall–Kier alpha value is -3.84. The molecule has 4 aromatic rings. The van der Waals surface area contributed by atoms with E-state index in [2.05, 4.69) is 30.1 Å². The summed E-state index contributed by atoms with van der Waals surface area (Å²) in [7, 11) is -2.93. The van der Waals surface area contributed by atoms with Crippen molar-refractivity contribution in [3.05, 3.63) is 71.6 Å². The standard InChI is InChI=1S/C28H32ClN6O7P/c1-3-35(11-13-42-43(37,38)39)10-5-12-41-25-16-23-22(15-24(25)40-2)27(32-18-31-23)33-21-8-9-26(30-17-21)34-28(36)19-6-4-7-20(29)14-19/h4,6-9,14-18H,3,5,10-13H2,1-2H3,(H,30,34,36)(H,31,32,33)(H2,37,38,39). The molecule has 2 aromatic carbocycles. The van der Waals surface area contributed by atoms with Gasteiger partial charge < -0.3 is 34.8 Å². The number of benzene rings is 2. The highest BCUT2D eigenvalue weighted by molar-refractivity contribution is 7.46. The van der Waals surface area contributed by atoms with E-state index in [1.165, 1.54) is 6.33 Å². The molecule has 0 aliphatic rings. The Kier molecular flexibility index (Phi) is 11.2. The Morgan fingerprint density at radius 2 is 1.88 bits per heavy atom. The molecule has 15 heteroatoms. The van der Waals surface area contributed by atoms with E-state index < -0.39 is 7.82 Å². The zero-order valence-corrected chi connectivity index (χ0v) is 25.2. The Morgan fingerprint density at radius 1 is 1.05 bits per heavy atom. The number of nitrogens with zero attached hydrogens (tertiary/aromatic N) is 4. The van der Waals surface area contributed by atoms with E-state index in [1.54, 1.807) is 61.8 Å². The van der Waals surface area contributed by atoms with Gasteiger partial charge in [-0.25, -0.2) is 19.5 Å². The van der Waals surface area contributed by atoms with Gasteiger partial charge in [-0.1, -0.05) is 24.6 Å². The molecule has 0 radical (unpaired) electrons. The number of anilines is 3. The zero-order valence-electron chi connectivity index (χ0n) is 23.6. The van der Waals surface area contributed by atoms with E-state index in [-0.39, 0.29) is 12.5 Å². The highest BCUT2D eigenvalue weighted by Gasteiger charge is 2.15. The van der Waals surface area contributed by atoms with Crippen molar-refractivity contribution in [2.75, 3.05) is 50.6 Å². The average molecular weight is 631 g/mol. The maximum absolute atomic E-state index is 12.5. The molecule has 0 saturated heterocycles. The van der Waals surface area contributed by atoms with Gasteiger partial charge in [0.25, 0.3) is 5.91 Å². The Labute approximate surface area is 253 Å². The second-order valence-corrected chi connectivity index (χ2v) is 10.9. The summed E-state index contributed by atoms with van der Waals surface area (Å²) >= 11 is 5.97. The van der Waals surface area contributed by atoms with Crippen LogP contribution in [0.15, 0.2) is 61.1 Å². The van der Waals surface area contributed by atoms with Gasteiger partial charge in [0.05, 0.1) is 37.7 Å². The molecule has 43 heavy (non-hydrogen) atoms. The van der Waals surface area contributed by atoms with Crippen LogP contribution in [0.4, 0.5) is 17.3 Å². The third-order valence-corrected chi connectivity index (χ3v) is 7.02. The molecule has 0 aliphatic heterocycles. The van der Waals surface area contributed by atoms with Gasteiger partial charge in [-0.05, 0) is 49.4 Å². The summed E-state index contributed by atoms with van der Waals surface area (Å²) in [6.45, 7) is 4.04. The molecule has 4 N–H and O–H groups in total. The summed E-state index contributed by atoms with van der Waals surface area (Å²) in [6, 6.07) is 13.6. The second kappa shape index (κ2) is 15.1. The molecule has 0 atom stereocenters. The minimum Gasteiger partial charge on any atom is -0.493 e. The van der Waals surface area contributed by atoms with Crippen molar-refractivity contribution in [1.82, 2.24) is 19.9 Å². The fraction of sp³-hybridized carbons (Fsp3) is 0.286. The molecule has 1 amide bonds. The lowest BCUT2D eigenvalue weighted by Crippen LogP contribution is -2.29. The monoisotopic (exact) mass is 630 g/mol. The number of methoxy groups -OCH3 is 1. The fourth-order valence-corrected chi connectivity index (χ4v) is 4.63. The van der Waals surface area contributed by atoms with Crippen molar-refractivity contribution < 1.29 is 33.1 Å². The number of hydrogen-bond donors (Lipinski definition) is 4. The van der Waals surface area contributed by atoms with Crippen LogP contribution in [0.5, 0.6) is 11.5 Å². The van der Waals surface area contributed by atoms with Crippen LogP contribution in [0.25, 0.3) is 10.9 Å². The lowest BCUT2D eigenvalue weighted by atomic mass is 10.2. The first-order valence-corrected chi connectivity index (χ1v) is 15.2. The molecule has 0 fully saturated rings. The van der Waals surface area contributed by atoms with Gasteiger partial charge >= 0.3 is 7.82 Å². The maximum Gasteiger partial charge on any atom is 0.469 e. The number of pyridine rings is 1. The normalized spacial score (nSPS) is 11.5. The lowest BCUT2D eigenvalue weighted by molar-refractivity contribution is 0.102. The number of hydrogen-bond acceptors (Lipinski definition) is 10. The fourth-order valence-electron chi connectivity index (χ4n) is 4.12. The van der Waals surface area contributed by atoms with Crippen LogP contribution in [0.1, 0.15) is 23.7 Å². The van der Waals surface area contributed by atoms with Crippen LogP contribution in [-0.2, 0) is 9.09 Å². The molecule has 4 rings (SSSR count). The SMILES string of the molecule is CCN(CCCOc1cc2ncnc(Nc3ccc(NC(=O)c4cccc(Cl)c4)nc3)c2cc1OC)CCOP(=O)(O)O. The highest BCUT2D eigenvalue weighted by Crippen LogP contribution is 2.36. The quantitative estimate of drug-likeness (QED) is 0.104. The van der Waals surface area contributed by atoms with Gasteiger partial charge in [-0.3, -0.25) is 9.32 Å². The molecule has 13 nitrogen and oxygen atoms in total. The summed E-state index contributed by atoms with van der Waals surface area (Å²) < 4.78 is 27.0. The number of likely N-dealkylation sites (N-methyl/N-ethyl adjacent to an activating group) is 1. The van der Waals surface area contributed by atoms with Gasteiger partial charge in [0.1, 0.15) is 18.0 Å². The van der Waals surface area contributed by atoms with Gasteiger partial charge in [-0.2, -0.15) is 0 Å². The highest BCUT2D eigenvalue weighted by atomic mass is 35.5. The maximum atomic E-state index is 12.5. The molecule has 2 aromatic heterocycles. The summed E-state index contributed by atoms with van der Waals surface area (Å²) in [5.41, 5.74) is 1.71. The summed E-state index contributed by atoms with van der Waals surface area (Å²) in [4.78, 5) is 45.2. The number of halogens is 1. The number of fused-ring (bicyclic) bond motifs is 1. The number of amides is 1. The van der Waals surface area contributed by atoms with Crippen LogP contribution < -0.4 is 20.1 Å². The van der Waals surface area contributed by atoms with Crippen molar-refractivity contribution in [3.63, 3.8) is 0 Å². The van der Waals surface area contributed by atoms with Crippen molar-refractivity contribution in [3.8, 4) is 11.5 Å². The van der Waals surface area contributed by atoms with E-state index >= 15 is 0 Å². The Bertz CT molecular complexity index is 1590. The minimum absolute atomic E-state index is 0.0612. The first kappa shape index (κ1) is 32.1. The van der Waals surface area contributed by atoms with Gasteiger partial charge in [0, 0.05) is 35.1 Å². The van der Waals surface area contributed by atoms with E-state index in [1.807, 2.05) is 11.8 Å². The molecule has 0 spiro atoms. The molecule has 0 aliphatic carbocycles. The minimum atomic E-state index is -4.48. The number of rotatable bonds is 15. The van der Waals surface area contributed by atoms with Gasteiger partial charge in [0.2, 0.25) is 0 Å². The van der Waals surface area contributed by atoms with Crippen LogP contribution in [0.3, 0.4) is 0 Å². The number of phosphoric acid groups is 1. The number of aromatic nitrogens is 3. The van der Waals surface area contributed by atoms with Crippen molar-refractivity contribution >= 4 is 53.6 Å². The smallest absolute Gasteiger partial charge is 0.469 e. The van der Waals surface area contributed by atoms with E-state index in [0.717, 1.165) is 0 Å². The lowest BCUT2D eigenvalue weighted by Gasteiger charge is -2.20. The predicted molar refractivity (Wildman–Crippen MR) is 163 cm³/mol. The predicted octanol–water partition coefficient (Wildman–Crippen LogP) is 4.88. The molecule has 0 saturated carbocycles. The van der Waals surface area contributed by atoms with Crippen LogP contribution in [-0.4, -0.2) is 75.5 Å². The van der Waals surface area contributed by atoms with Crippen molar-refractivity contribution in [2.24, 2.45) is 0 Å². The zero-order chi connectivity index (χ0) is 30.8. The Morgan fingerprint density at radius 3 is 2.58 bits per heavy atom. The van der Waals surface area contributed by atoms with Gasteiger partial charge in [0.15, 0.2) is 11.5 Å². The van der Waals surface area contributed by atoms with Crippen molar-refractivity contribution in [2.45, 2.75) is 13.3 Å². The van der Waals surface area contributed by atoms with Crippen LogP contribution >= 0.6 is 19.4 Å². The number of nitrogens with one attached hydrogen (secondary N) is 2. The Balaban J connectivity index is 1.37. The number of phosphoric ester groups is 1. The number of carbonyl (C=O) groups excluding carboxylic acids is 1. The average Bonchev–Trinajstić information content (AvgIpc) is 2.98. The summed E-state index contributed by atoms with van der Waals surface area (Å²) in [6.07, 6.45) is 3.69. The molecular formula is C28H32ClN6O7P. The number of carbonyl (C=O) groups is 1. The molecule has 228 valence electrons.